The molecule has 0 aliphatic rings. The maximum absolute atomic E-state index is 13.4. The van der Waals surface area contributed by atoms with Crippen molar-refractivity contribution in [3.63, 3.8) is 0 Å². The number of hydrogen-bond donors (Lipinski definition) is 1. The Labute approximate surface area is 126 Å². The Balaban J connectivity index is 2.46. The van der Waals surface area contributed by atoms with Gasteiger partial charge in [-0.15, -0.1) is 0 Å². The minimum atomic E-state index is -0.191. The molecule has 2 nitrogen and oxygen atoms in total. The first kappa shape index (κ1) is 15.6. The van der Waals surface area contributed by atoms with Crippen molar-refractivity contribution in [3.8, 4) is 0 Å². The quantitative estimate of drug-likeness (QED) is 0.889. The van der Waals surface area contributed by atoms with E-state index in [4.69, 9.17) is 0 Å². The lowest BCUT2D eigenvalue weighted by atomic mass is 9.93. The summed E-state index contributed by atoms with van der Waals surface area (Å²) in [6.45, 7) is 9.03. The van der Waals surface area contributed by atoms with E-state index < -0.39 is 0 Å². The van der Waals surface area contributed by atoms with Gasteiger partial charge in [-0.25, -0.2) is 4.39 Å². The first-order chi connectivity index (χ1) is 10.0. The van der Waals surface area contributed by atoms with Crippen LogP contribution in [0.5, 0.6) is 0 Å². The molecule has 0 saturated carbocycles. The number of pyridine rings is 1. The largest absolute Gasteiger partial charge is 0.306 e. The lowest BCUT2D eigenvalue weighted by Crippen LogP contribution is -2.25. The summed E-state index contributed by atoms with van der Waals surface area (Å²) in [5.41, 5.74) is 5.26. The average molecular weight is 286 g/mol. The predicted molar refractivity (Wildman–Crippen MR) is 85.0 cm³/mol. The van der Waals surface area contributed by atoms with Gasteiger partial charge in [0.05, 0.1) is 6.04 Å². The highest BCUT2D eigenvalue weighted by Gasteiger charge is 2.18. The van der Waals surface area contributed by atoms with Crippen LogP contribution in [0, 0.1) is 26.6 Å². The third kappa shape index (κ3) is 3.67. The zero-order valence-corrected chi connectivity index (χ0v) is 13.2. The van der Waals surface area contributed by atoms with Crippen molar-refractivity contribution in [3.05, 3.63) is 64.2 Å². The van der Waals surface area contributed by atoms with Crippen LogP contribution >= 0.6 is 0 Å². The second kappa shape index (κ2) is 6.81. The molecule has 3 heteroatoms. The van der Waals surface area contributed by atoms with Crippen LogP contribution in [0.3, 0.4) is 0 Å². The number of nitrogens with zero attached hydrogens (tertiary/aromatic N) is 1. The van der Waals surface area contributed by atoms with Crippen molar-refractivity contribution in [1.29, 1.82) is 0 Å². The molecule has 0 aliphatic heterocycles. The smallest absolute Gasteiger partial charge is 0.123 e. The fourth-order valence-electron chi connectivity index (χ4n) is 2.64. The van der Waals surface area contributed by atoms with Crippen LogP contribution < -0.4 is 5.32 Å². The maximum atomic E-state index is 13.4. The number of hydrogen-bond acceptors (Lipinski definition) is 2. The molecule has 1 heterocycles. The summed E-state index contributed by atoms with van der Waals surface area (Å²) in [6, 6.07) is 9.19. The van der Waals surface area contributed by atoms with E-state index in [1.54, 1.807) is 6.07 Å². The van der Waals surface area contributed by atoms with Gasteiger partial charge in [0.25, 0.3) is 0 Å². The molecule has 1 unspecified atom stereocenters. The topological polar surface area (TPSA) is 24.9 Å². The van der Waals surface area contributed by atoms with Gasteiger partial charge in [0, 0.05) is 11.4 Å². The number of aromatic nitrogens is 1. The first-order valence-corrected chi connectivity index (χ1v) is 7.46. The summed E-state index contributed by atoms with van der Waals surface area (Å²) in [6.07, 6.45) is 1.05. The maximum Gasteiger partial charge on any atom is 0.123 e. The number of aryl methyl sites for hydroxylation is 3. The third-order valence-corrected chi connectivity index (χ3v) is 3.72. The van der Waals surface area contributed by atoms with E-state index in [2.05, 4.69) is 23.3 Å². The highest BCUT2D eigenvalue weighted by molar-refractivity contribution is 5.39. The first-order valence-electron chi connectivity index (χ1n) is 7.46. The lowest BCUT2D eigenvalue weighted by Gasteiger charge is -2.23. The van der Waals surface area contributed by atoms with Gasteiger partial charge in [0.1, 0.15) is 5.82 Å². The van der Waals surface area contributed by atoms with Gasteiger partial charge in [-0.1, -0.05) is 19.1 Å². The Kier molecular flexibility index (Phi) is 5.07. The van der Waals surface area contributed by atoms with Crippen LogP contribution in [0.1, 0.15) is 47.5 Å². The van der Waals surface area contributed by atoms with Crippen LogP contribution in [0.4, 0.5) is 4.39 Å². The molecule has 112 valence electrons. The van der Waals surface area contributed by atoms with Crippen molar-refractivity contribution in [2.45, 2.75) is 40.2 Å². The molecule has 0 radical (unpaired) electrons. The Morgan fingerprint density at radius 1 is 1.10 bits per heavy atom. The third-order valence-electron chi connectivity index (χ3n) is 3.72. The van der Waals surface area contributed by atoms with Gasteiger partial charge >= 0.3 is 0 Å². The van der Waals surface area contributed by atoms with Crippen LogP contribution in [0.15, 0.2) is 30.3 Å². The summed E-state index contributed by atoms with van der Waals surface area (Å²) in [5.74, 6) is -0.191. The van der Waals surface area contributed by atoms with E-state index in [9.17, 15) is 4.39 Å². The molecule has 0 aliphatic carbocycles. The second-order valence-corrected chi connectivity index (χ2v) is 5.52. The number of benzene rings is 1. The van der Waals surface area contributed by atoms with Crippen molar-refractivity contribution in [1.82, 2.24) is 10.3 Å². The van der Waals surface area contributed by atoms with Crippen LogP contribution in [0.2, 0.25) is 0 Å². The average Bonchev–Trinajstić information content (AvgIpc) is 2.42. The molecule has 0 amide bonds. The normalized spacial score (nSPS) is 12.4. The number of nitrogens with one attached hydrogen (secondary N) is 1. The van der Waals surface area contributed by atoms with Crippen molar-refractivity contribution >= 4 is 0 Å². The SMILES string of the molecule is CCCNC(c1ccc(F)cc1C)c1ccc(C)nc1C. The Bertz CT molecular complexity index is 571. The van der Waals surface area contributed by atoms with Gasteiger partial charge < -0.3 is 5.32 Å². The number of rotatable bonds is 5. The molecule has 0 bridgehead atoms. The van der Waals surface area contributed by atoms with Crippen LogP contribution in [-0.4, -0.2) is 11.5 Å². The van der Waals surface area contributed by atoms with Crippen LogP contribution in [-0.2, 0) is 0 Å². The fourth-order valence-corrected chi connectivity index (χ4v) is 2.64. The van der Waals surface area contributed by atoms with Gasteiger partial charge in [0.2, 0.25) is 0 Å². The Morgan fingerprint density at radius 3 is 2.43 bits per heavy atom. The van der Waals surface area contributed by atoms with Crippen LogP contribution in [0.25, 0.3) is 0 Å². The van der Waals surface area contributed by atoms with E-state index in [1.807, 2.05) is 32.9 Å². The summed E-state index contributed by atoms with van der Waals surface area (Å²) in [7, 11) is 0. The molecule has 1 atom stereocenters. The van der Waals surface area contributed by atoms with E-state index in [0.717, 1.165) is 41.0 Å². The zero-order chi connectivity index (χ0) is 15.4. The molecule has 1 aromatic carbocycles. The second-order valence-electron chi connectivity index (χ2n) is 5.52. The highest BCUT2D eigenvalue weighted by atomic mass is 19.1. The minimum absolute atomic E-state index is 0.0543. The predicted octanol–water partition coefficient (Wildman–Crippen LogP) is 4.23. The minimum Gasteiger partial charge on any atom is -0.306 e. The molecular weight excluding hydrogens is 263 g/mol. The van der Waals surface area contributed by atoms with Gasteiger partial charge in [-0.05, 0) is 68.6 Å². The number of halogens is 1. The Hall–Kier alpha value is -1.74. The molecule has 2 rings (SSSR count). The van der Waals surface area contributed by atoms with E-state index in [-0.39, 0.29) is 11.9 Å². The van der Waals surface area contributed by atoms with Crippen molar-refractivity contribution < 1.29 is 4.39 Å². The van der Waals surface area contributed by atoms with E-state index in [1.165, 1.54) is 6.07 Å². The lowest BCUT2D eigenvalue weighted by molar-refractivity contribution is 0.586. The molecule has 0 spiro atoms. The Morgan fingerprint density at radius 2 is 1.81 bits per heavy atom. The molecule has 0 saturated heterocycles. The fraction of sp³-hybridized carbons (Fsp3) is 0.389. The molecule has 2 aromatic rings. The van der Waals surface area contributed by atoms with E-state index in [0.29, 0.717) is 0 Å². The van der Waals surface area contributed by atoms with Crippen molar-refractivity contribution in [2.24, 2.45) is 0 Å². The van der Waals surface area contributed by atoms with Gasteiger partial charge in [-0.3, -0.25) is 4.98 Å². The monoisotopic (exact) mass is 286 g/mol. The summed E-state index contributed by atoms with van der Waals surface area (Å²) >= 11 is 0. The molecule has 21 heavy (non-hydrogen) atoms. The molecule has 0 fully saturated rings. The van der Waals surface area contributed by atoms with E-state index >= 15 is 0 Å². The standard InChI is InChI=1S/C18H23FN2/c1-5-10-20-18(16-9-7-15(19)11-12(16)2)17-8-6-13(3)21-14(17)4/h6-9,11,18,20H,5,10H2,1-4H3. The summed E-state index contributed by atoms with van der Waals surface area (Å²) in [5, 5.41) is 3.56. The highest BCUT2D eigenvalue weighted by Crippen LogP contribution is 2.27. The molecular formula is C18H23FN2. The molecule has 1 N–H and O–H groups in total. The zero-order valence-electron chi connectivity index (χ0n) is 13.2. The molecule has 1 aromatic heterocycles. The summed E-state index contributed by atoms with van der Waals surface area (Å²) in [4.78, 5) is 4.56. The van der Waals surface area contributed by atoms with Gasteiger partial charge in [-0.2, -0.15) is 0 Å². The summed E-state index contributed by atoms with van der Waals surface area (Å²) < 4.78 is 13.4. The van der Waals surface area contributed by atoms with Crippen molar-refractivity contribution in [2.75, 3.05) is 6.54 Å². The van der Waals surface area contributed by atoms with Gasteiger partial charge in [0.15, 0.2) is 0 Å².